The van der Waals surface area contributed by atoms with Crippen LogP contribution in [0.25, 0.3) is 21.3 Å². The lowest BCUT2D eigenvalue weighted by Gasteiger charge is -2.32. The molecule has 4 rings (SSSR count). The van der Waals surface area contributed by atoms with Crippen molar-refractivity contribution in [3.63, 3.8) is 0 Å². The van der Waals surface area contributed by atoms with Crippen LogP contribution < -0.4 is 4.90 Å². The van der Waals surface area contributed by atoms with E-state index in [2.05, 4.69) is 59.3 Å². The summed E-state index contributed by atoms with van der Waals surface area (Å²) in [4.78, 5) is 12.5. The molecule has 0 aliphatic heterocycles. The average Bonchev–Trinajstić information content (AvgIpc) is 3.04. The third-order valence-corrected chi connectivity index (χ3v) is 6.56. The summed E-state index contributed by atoms with van der Waals surface area (Å²) in [7, 11) is 2.16. The zero-order valence-corrected chi connectivity index (χ0v) is 17.1. The molecule has 0 bridgehead atoms. The Balaban J connectivity index is 1.88. The van der Waals surface area contributed by atoms with Crippen LogP contribution in [0.2, 0.25) is 5.28 Å². The van der Waals surface area contributed by atoms with Crippen molar-refractivity contribution < 1.29 is 0 Å². The van der Waals surface area contributed by atoms with Crippen molar-refractivity contribution in [2.24, 2.45) is 0 Å². The molecule has 1 aliphatic carbocycles. The van der Waals surface area contributed by atoms with E-state index in [4.69, 9.17) is 11.6 Å². The van der Waals surface area contributed by atoms with Gasteiger partial charge < -0.3 is 4.90 Å². The van der Waals surface area contributed by atoms with Crippen LogP contribution >= 0.6 is 22.9 Å². The van der Waals surface area contributed by atoms with E-state index >= 15 is 0 Å². The smallest absolute Gasteiger partial charge is 0.225 e. The number of fused-ring (bicyclic) bond motifs is 1. The fraction of sp³-hybridized carbons (Fsp3) is 0.429. The largest absolute Gasteiger partial charge is 0.356 e. The number of nitrogens with zero attached hydrogens (tertiary/aromatic N) is 3. The average molecular weight is 386 g/mol. The van der Waals surface area contributed by atoms with Gasteiger partial charge >= 0.3 is 0 Å². The van der Waals surface area contributed by atoms with Gasteiger partial charge in [0.2, 0.25) is 5.28 Å². The molecule has 2 heterocycles. The van der Waals surface area contributed by atoms with E-state index in [1.807, 2.05) is 0 Å². The van der Waals surface area contributed by atoms with Gasteiger partial charge in [-0.2, -0.15) is 4.98 Å². The minimum absolute atomic E-state index is 0.337. The van der Waals surface area contributed by atoms with Gasteiger partial charge in [-0.3, -0.25) is 0 Å². The summed E-state index contributed by atoms with van der Waals surface area (Å²) in [5.74, 6) is 0.975. The lowest BCUT2D eigenvalue weighted by molar-refractivity contribution is 0.426. The van der Waals surface area contributed by atoms with Gasteiger partial charge in [-0.25, -0.2) is 4.98 Å². The highest BCUT2D eigenvalue weighted by Gasteiger charge is 2.24. The van der Waals surface area contributed by atoms with E-state index in [1.54, 1.807) is 11.3 Å². The van der Waals surface area contributed by atoms with Crippen molar-refractivity contribution in [1.29, 1.82) is 0 Å². The second-order valence-corrected chi connectivity index (χ2v) is 8.56. The molecule has 0 radical (unpaired) electrons. The number of hydrogen-bond acceptors (Lipinski definition) is 4. The van der Waals surface area contributed by atoms with Crippen LogP contribution in [0.4, 0.5) is 5.82 Å². The first-order chi connectivity index (χ1) is 12.5. The Bertz CT molecular complexity index is 944. The predicted molar refractivity (Wildman–Crippen MR) is 113 cm³/mol. The molecule has 3 nitrogen and oxygen atoms in total. The van der Waals surface area contributed by atoms with Crippen LogP contribution in [0.15, 0.2) is 23.6 Å². The molecule has 26 heavy (non-hydrogen) atoms. The number of benzene rings is 1. The zero-order chi connectivity index (χ0) is 18.3. The number of thiophene rings is 1. The maximum atomic E-state index is 6.27. The molecular weight excluding hydrogens is 362 g/mol. The molecule has 0 spiro atoms. The Morgan fingerprint density at radius 1 is 1.08 bits per heavy atom. The third-order valence-electron chi connectivity index (χ3n) is 5.52. The van der Waals surface area contributed by atoms with Gasteiger partial charge in [-0.05, 0) is 49.4 Å². The van der Waals surface area contributed by atoms with Crippen LogP contribution in [0.5, 0.6) is 0 Å². The van der Waals surface area contributed by atoms with Crippen molar-refractivity contribution in [2.45, 2.75) is 52.0 Å². The first kappa shape index (κ1) is 17.7. The topological polar surface area (TPSA) is 29.0 Å². The summed E-state index contributed by atoms with van der Waals surface area (Å²) in [5, 5.41) is 3.68. The van der Waals surface area contributed by atoms with Gasteiger partial charge in [0.05, 0.1) is 5.39 Å². The monoisotopic (exact) mass is 385 g/mol. The molecule has 0 N–H and O–H groups in total. The van der Waals surface area contributed by atoms with Crippen LogP contribution in [0.3, 0.4) is 0 Å². The van der Waals surface area contributed by atoms with Gasteiger partial charge in [0.1, 0.15) is 10.6 Å². The van der Waals surface area contributed by atoms with Gasteiger partial charge in [-0.1, -0.05) is 43.0 Å². The van der Waals surface area contributed by atoms with Gasteiger partial charge in [0, 0.05) is 24.0 Å². The number of hydrogen-bond donors (Lipinski definition) is 0. The minimum Gasteiger partial charge on any atom is -0.356 e. The van der Waals surface area contributed by atoms with E-state index in [1.165, 1.54) is 54.4 Å². The Morgan fingerprint density at radius 2 is 1.85 bits per heavy atom. The van der Waals surface area contributed by atoms with E-state index in [0.717, 1.165) is 16.0 Å². The molecule has 0 amide bonds. The second kappa shape index (κ2) is 7.16. The van der Waals surface area contributed by atoms with Crippen LogP contribution in [0.1, 0.15) is 43.2 Å². The summed E-state index contributed by atoms with van der Waals surface area (Å²) >= 11 is 7.92. The Morgan fingerprint density at radius 3 is 2.58 bits per heavy atom. The summed E-state index contributed by atoms with van der Waals surface area (Å²) in [6, 6.07) is 7.16. The van der Waals surface area contributed by atoms with Crippen molar-refractivity contribution in [1.82, 2.24) is 9.97 Å². The number of rotatable bonds is 3. The highest BCUT2D eigenvalue weighted by atomic mass is 35.5. The summed E-state index contributed by atoms with van der Waals surface area (Å²) < 4.78 is 0. The second-order valence-electron chi connectivity index (χ2n) is 7.37. The molecule has 5 heteroatoms. The lowest BCUT2D eigenvalue weighted by Crippen LogP contribution is -2.34. The molecule has 1 aliphatic rings. The normalized spacial score (nSPS) is 15.5. The van der Waals surface area contributed by atoms with Crippen molar-refractivity contribution in [3.05, 3.63) is 40.0 Å². The lowest BCUT2D eigenvalue weighted by atomic mass is 9.94. The molecule has 136 valence electrons. The van der Waals surface area contributed by atoms with Crippen molar-refractivity contribution >= 4 is 39.0 Å². The Kier molecular flexibility index (Phi) is 4.89. The number of aryl methyl sites for hydroxylation is 2. The fourth-order valence-electron chi connectivity index (χ4n) is 4.11. The van der Waals surface area contributed by atoms with Gasteiger partial charge in [0.15, 0.2) is 0 Å². The van der Waals surface area contributed by atoms with E-state index in [0.29, 0.717) is 11.3 Å². The highest BCUT2D eigenvalue weighted by molar-refractivity contribution is 7.17. The number of anilines is 1. The Labute approximate surface area is 164 Å². The predicted octanol–water partition coefficient (Wildman–Crippen LogP) is 6.40. The zero-order valence-electron chi connectivity index (χ0n) is 15.6. The summed E-state index contributed by atoms with van der Waals surface area (Å²) in [6.07, 6.45) is 6.39. The molecule has 2 aromatic heterocycles. The molecule has 1 saturated carbocycles. The van der Waals surface area contributed by atoms with E-state index in [9.17, 15) is 0 Å². The SMILES string of the molecule is Cc1ccc(-c2csc3nc(Cl)nc(N(C)C4CCCCC4)c23)c(C)c1. The first-order valence-electron chi connectivity index (χ1n) is 9.30. The molecule has 0 saturated heterocycles. The Hall–Kier alpha value is -1.65. The fourth-order valence-corrected chi connectivity index (χ4v) is 5.26. The van der Waals surface area contributed by atoms with Crippen molar-refractivity contribution in [3.8, 4) is 11.1 Å². The van der Waals surface area contributed by atoms with Crippen LogP contribution in [-0.2, 0) is 0 Å². The van der Waals surface area contributed by atoms with Crippen LogP contribution in [-0.4, -0.2) is 23.1 Å². The number of aromatic nitrogens is 2. The highest BCUT2D eigenvalue weighted by Crippen LogP contribution is 2.41. The van der Waals surface area contributed by atoms with Crippen LogP contribution in [0, 0.1) is 13.8 Å². The van der Waals surface area contributed by atoms with E-state index in [-0.39, 0.29) is 0 Å². The molecular formula is C21H24ClN3S. The quantitative estimate of drug-likeness (QED) is 0.488. The molecule has 1 fully saturated rings. The summed E-state index contributed by atoms with van der Waals surface area (Å²) in [5.41, 5.74) is 5.04. The molecule has 0 unspecified atom stereocenters. The maximum Gasteiger partial charge on any atom is 0.225 e. The first-order valence-corrected chi connectivity index (χ1v) is 10.6. The summed E-state index contributed by atoms with van der Waals surface area (Å²) in [6.45, 7) is 4.31. The van der Waals surface area contributed by atoms with Gasteiger partial charge in [-0.15, -0.1) is 11.3 Å². The molecule has 3 aromatic rings. The third kappa shape index (κ3) is 3.21. The van der Waals surface area contributed by atoms with Crippen molar-refractivity contribution in [2.75, 3.05) is 11.9 Å². The standard InChI is InChI=1S/C21H24ClN3S/c1-13-9-10-16(14(2)11-13)17-12-26-20-18(17)19(23-21(22)24-20)25(3)15-7-5-4-6-8-15/h9-12,15H,4-8H2,1-3H3. The molecule has 1 aromatic carbocycles. The molecule has 0 atom stereocenters. The van der Waals surface area contributed by atoms with Gasteiger partial charge in [0.25, 0.3) is 0 Å². The van der Waals surface area contributed by atoms with E-state index < -0.39 is 0 Å². The maximum absolute atomic E-state index is 6.27. The number of halogens is 1. The minimum atomic E-state index is 0.337.